The third kappa shape index (κ3) is 5.08. The van der Waals surface area contributed by atoms with Crippen LogP contribution in [0.5, 0.6) is 5.75 Å². The fraction of sp³-hybridized carbons (Fsp3) is 0.231. The molecule has 1 unspecified atom stereocenters. The molecular formula is C26H24N2O7. The number of rotatable bonds is 9. The van der Waals surface area contributed by atoms with Crippen LogP contribution in [-0.4, -0.2) is 41.3 Å². The van der Waals surface area contributed by atoms with Gasteiger partial charge in [-0.15, -0.1) is 0 Å². The van der Waals surface area contributed by atoms with Gasteiger partial charge >= 0.3 is 17.7 Å². The number of benzene rings is 3. The number of nitro groups is 1. The number of carboxylic acid groups (broad SMARTS) is 1. The van der Waals surface area contributed by atoms with Crippen molar-refractivity contribution in [2.45, 2.75) is 25.3 Å². The zero-order valence-electron chi connectivity index (χ0n) is 19.0. The van der Waals surface area contributed by atoms with Gasteiger partial charge in [-0.05, 0) is 40.8 Å². The summed E-state index contributed by atoms with van der Waals surface area (Å²) in [5, 5.41) is 23.3. The van der Waals surface area contributed by atoms with Crippen LogP contribution in [0.1, 0.15) is 29.5 Å². The summed E-state index contributed by atoms with van der Waals surface area (Å²) in [5.41, 5.74) is 4.34. The molecule has 9 heteroatoms. The molecule has 0 aliphatic heterocycles. The van der Waals surface area contributed by atoms with E-state index in [0.29, 0.717) is 5.56 Å². The SMILES string of the molecule is CCOc1ccc(CC(NC(=O)OCC2c3ccccc3-c3ccccc32)C(=O)O)cc1[N+](=O)[O-]. The van der Waals surface area contributed by atoms with E-state index < -0.39 is 23.0 Å². The highest BCUT2D eigenvalue weighted by atomic mass is 16.6. The molecule has 1 aliphatic rings. The molecule has 0 heterocycles. The monoisotopic (exact) mass is 476 g/mol. The maximum atomic E-state index is 12.5. The fourth-order valence-corrected chi connectivity index (χ4v) is 4.33. The van der Waals surface area contributed by atoms with Crippen LogP contribution in [0.3, 0.4) is 0 Å². The predicted octanol–water partition coefficient (Wildman–Crippen LogP) is 4.53. The van der Waals surface area contributed by atoms with Crippen molar-refractivity contribution >= 4 is 17.7 Å². The Hall–Kier alpha value is -4.40. The fourth-order valence-electron chi connectivity index (χ4n) is 4.33. The number of hydrogen-bond acceptors (Lipinski definition) is 6. The molecule has 2 N–H and O–H groups in total. The van der Waals surface area contributed by atoms with Crippen molar-refractivity contribution in [3.05, 3.63) is 93.5 Å². The first-order valence-corrected chi connectivity index (χ1v) is 11.1. The zero-order valence-corrected chi connectivity index (χ0v) is 19.0. The predicted molar refractivity (Wildman–Crippen MR) is 128 cm³/mol. The van der Waals surface area contributed by atoms with Crippen LogP contribution in [0.4, 0.5) is 10.5 Å². The number of nitrogens with zero attached hydrogens (tertiary/aromatic N) is 1. The molecular weight excluding hydrogens is 452 g/mol. The van der Waals surface area contributed by atoms with E-state index in [0.717, 1.165) is 22.3 Å². The van der Waals surface area contributed by atoms with E-state index in [1.807, 2.05) is 48.5 Å². The molecule has 1 atom stereocenters. The minimum absolute atomic E-state index is 0.0424. The van der Waals surface area contributed by atoms with Crippen molar-refractivity contribution in [2.24, 2.45) is 0 Å². The van der Waals surface area contributed by atoms with Crippen molar-refractivity contribution in [1.29, 1.82) is 0 Å². The van der Waals surface area contributed by atoms with Crippen LogP contribution in [0.2, 0.25) is 0 Å². The van der Waals surface area contributed by atoms with Crippen LogP contribution >= 0.6 is 0 Å². The quantitative estimate of drug-likeness (QED) is 0.343. The summed E-state index contributed by atoms with van der Waals surface area (Å²) in [6.45, 7) is 2.00. The molecule has 180 valence electrons. The van der Waals surface area contributed by atoms with Crippen molar-refractivity contribution in [3.8, 4) is 16.9 Å². The van der Waals surface area contributed by atoms with Gasteiger partial charge in [0.2, 0.25) is 0 Å². The molecule has 3 aromatic carbocycles. The first-order chi connectivity index (χ1) is 16.9. The molecule has 9 nitrogen and oxygen atoms in total. The van der Waals surface area contributed by atoms with E-state index in [-0.39, 0.29) is 37.0 Å². The normalized spacial score (nSPS) is 12.8. The molecule has 0 radical (unpaired) electrons. The molecule has 0 saturated heterocycles. The van der Waals surface area contributed by atoms with E-state index in [2.05, 4.69) is 5.32 Å². The van der Waals surface area contributed by atoms with Gasteiger partial charge < -0.3 is 19.9 Å². The smallest absolute Gasteiger partial charge is 0.407 e. The number of alkyl carbamates (subject to hydrolysis) is 1. The van der Waals surface area contributed by atoms with Crippen LogP contribution in [0.25, 0.3) is 11.1 Å². The number of fused-ring (bicyclic) bond motifs is 3. The van der Waals surface area contributed by atoms with Crippen LogP contribution in [0.15, 0.2) is 66.7 Å². The first kappa shape index (κ1) is 23.7. The molecule has 1 amide bonds. The molecule has 1 aliphatic carbocycles. The molecule has 3 aromatic rings. The molecule has 0 spiro atoms. The lowest BCUT2D eigenvalue weighted by Crippen LogP contribution is -2.42. The summed E-state index contributed by atoms with van der Waals surface area (Å²) in [5.74, 6) is -1.35. The highest BCUT2D eigenvalue weighted by Gasteiger charge is 2.30. The van der Waals surface area contributed by atoms with Crippen LogP contribution in [-0.2, 0) is 16.0 Å². The highest BCUT2D eigenvalue weighted by Crippen LogP contribution is 2.44. The zero-order chi connectivity index (χ0) is 24.9. The summed E-state index contributed by atoms with van der Waals surface area (Å²) in [7, 11) is 0. The molecule has 0 saturated carbocycles. The topological polar surface area (TPSA) is 128 Å². The Bertz CT molecular complexity index is 1230. The average molecular weight is 476 g/mol. The number of carboxylic acids is 1. The van der Waals surface area contributed by atoms with E-state index >= 15 is 0 Å². The summed E-state index contributed by atoms with van der Waals surface area (Å²) in [6.07, 6.45) is -1.04. The van der Waals surface area contributed by atoms with Gasteiger partial charge in [0.25, 0.3) is 0 Å². The second-order valence-electron chi connectivity index (χ2n) is 8.06. The Morgan fingerprint density at radius 2 is 1.69 bits per heavy atom. The number of ether oxygens (including phenoxy) is 2. The Morgan fingerprint density at radius 1 is 1.06 bits per heavy atom. The second-order valence-corrected chi connectivity index (χ2v) is 8.06. The van der Waals surface area contributed by atoms with E-state index in [1.54, 1.807) is 6.92 Å². The van der Waals surface area contributed by atoms with E-state index in [1.165, 1.54) is 18.2 Å². The number of nitrogens with one attached hydrogen (secondary N) is 1. The maximum absolute atomic E-state index is 12.5. The Labute approximate surface area is 201 Å². The van der Waals surface area contributed by atoms with Gasteiger partial charge in [-0.25, -0.2) is 9.59 Å². The third-order valence-corrected chi connectivity index (χ3v) is 5.89. The van der Waals surface area contributed by atoms with E-state index in [4.69, 9.17) is 9.47 Å². The van der Waals surface area contributed by atoms with Gasteiger partial charge in [-0.1, -0.05) is 54.6 Å². The first-order valence-electron chi connectivity index (χ1n) is 11.1. The Kier molecular flexibility index (Phi) is 6.96. The third-order valence-electron chi connectivity index (χ3n) is 5.89. The standard InChI is InChI=1S/C26H24N2O7/c1-2-34-24-12-11-16(14-23(24)28(32)33)13-22(25(29)30)27-26(31)35-15-21-19-9-5-3-7-17(19)18-8-4-6-10-20(18)21/h3-12,14,21-22H,2,13,15H2,1H3,(H,27,31)(H,29,30). The molecule has 0 aromatic heterocycles. The summed E-state index contributed by atoms with van der Waals surface area (Å²) < 4.78 is 10.7. The van der Waals surface area contributed by atoms with Gasteiger partial charge in [0.05, 0.1) is 11.5 Å². The molecule has 0 bridgehead atoms. The number of hydrogen-bond donors (Lipinski definition) is 2. The van der Waals surface area contributed by atoms with Gasteiger partial charge in [0.1, 0.15) is 12.6 Å². The van der Waals surface area contributed by atoms with Crippen LogP contribution in [0, 0.1) is 10.1 Å². The van der Waals surface area contributed by atoms with Crippen molar-refractivity contribution in [3.63, 3.8) is 0 Å². The lowest BCUT2D eigenvalue weighted by Gasteiger charge is -2.17. The average Bonchev–Trinajstić information content (AvgIpc) is 3.17. The second kappa shape index (κ2) is 10.3. The van der Waals surface area contributed by atoms with Gasteiger partial charge in [0.15, 0.2) is 5.75 Å². The summed E-state index contributed by atoms with van der Waals surface area (Å²) in [4.78, 5) is 35.1. The highest BCUT2D eigenvalue weighted by molar-refractivity contribution is 5.81. The molecule has 0 fully saturated rings. The van der Waals surface area contributed by atoms with Crippen molar-refractivity contribution in [2.75, 3.05) is 13.2 Å². The van der Waals surface area contributed by atoms with Crippen LogP contribution < -0.4 is 10.1 Å². The van der Waals surface area contributed by atoms with Gasteiger partial charge in [-0.3, -0.25) is 10.1 Å². The number of carbonyl (C=O) groups is 2. The largest absolute Gasteiger partial charge is 0.487 e. The van der Waals surface area contributed by atoms with E-state index in [9.17, 15) is 24.8 Å². The number of carbonyl (C=O) groups excluding carboxylic acids is 1. The minimum atomic E-state index is -1.33. The maximum Gasteiger partial charge on any atom is 0.407 e. The Morgan fingerprint density at radius 3 is 2.26 bits per heavy atom. The lowest BCUT2D eigenvalue weighted by molar-refractivity contribution is -0.385. The van der Waals surface area contributed by atoms with Gasteiger partial charge in [0, 0.05) is 18.4 Å². The molecule has 4 rings (SSSR count). The number of aliphatic carboxylic acids is 1. The van der Waals surface area contributed by atoms with Crippen molar-refractivity contribution < 1.29 is 29.1 Å². The van der Waals surface area contributed by atoms with Crippen molar-refractivity contribution in [1.82, 2.24) is 5.32 Å². The lowest BCUT2D eigenvalue weighted by atomic mass is 9.98. The summed E-state index contributed by atoms with van der Waals surface area (Å²) >= 11 is 0. The summed E-state index contributed by atoms with van der Waals surface area (Å²) in [6, 6.07) is 18.6. The van der Waals surface area contributed by atoms with Gasteiger partial charge in [-0.2, -0.15) is 0 Å². The molecule has 35 heavy (non-hydrogen) atoms. The number of nitro benzene ring substituents is 1. The minimum Gasteiger partial charge on any atom is -0.487 e. The Balaban J connectivity index is 1.44. The number of amides is 1.